The van der Waals surface area contributed by atoms with Gasteiger partial charge in [-0.25, -0.2) is 0 Å². The van der Waals surface area contributed by atoms with Gasteiger partial charge in [-0.3, -0.25) is 0 Å². The fourth-order valence-electron chi connectivity index (χ4n) is 2.11. The Morgan fingerprint density at radius 2 is 1.83 bits per heavy atom. The number of hydrogen-bond donors (Lipinski definition) is 2. The van der Waals surface area contributed by atoms with E-state index in [-0.39, 0.29) is 18.8 Å². The highest BCUT2D eigenvalue weighted by Gasteiger charge is 2.20. The monoisotopic (exact) mass is 261 g/mol. The minimum atomic E-state index is -0.570. The molecule has 0 heterocycles. The molecule has 0 saturated heterocycles. The van der Waals surface area contributed by atoms with Crippen molar-refractivity contribution in [1.82, 2.24) is 0 Å². The Hall–Kier alpha value is -0.200. The maximum Gasteiger partial charge on any atom is 0.101 e. The third-order valence-corrected chi connectivity index (χ3v) is 3.22. The molecule has 1 saturated carbocycles. The lowest BCUT2D eigenvalue weighted by Gasteiger charge is -2.27. The molecule has 1 aliphatic rings. The van der Waals surface area contributed by atoms with Gasteiger partial charge in [-0.1, -0.05) is 0 Å². The quantitative estimate of drug-likeness (QED) is 0.672. The molecule has 108 valence electrons. The van der Waals surface area contributed by atoms with Crippen molar-refractivity contribution >= 4 is 0 Å². The lowest BCUT2D eigenvalue weighted by molar-refractivity contribution is -0.0755. The molecule has 5 nitrogen and oxygen atoms in total. The lowest BCUT2D eigenvalue weighted by Crippen LogP contribution is -2.33. The molecule has 0 amide bonds. The van der Waals surface area contributed by atoms with Crippen LogP contribution in [0, 0.1) is 0 Å². The Morgan fingerprint density at radius 3 is 2.44 bits per heavy atom. The van der Waals surface area contributed by atoms with Gasteiger partial charge < -0.3 is 25.1 Å². The van der Waals surface area contributed by atoms with Crippen molar-refractivity contribution in [2.75, 3.05) is 26.9 Å². The topological polar surface area (TPSA) is 73.9 Å². The van der Waals surface area contributed by atoms with Gasteiger partial charge in [0.15, 0.2) is 0 Å². The first-order valence-electron chi connectivity index (χ1n) is 6.77. The van der Waals surface area contributed by atoms with E-state index < -0.39 is 6.10 Å². The average molecular weight is 261 g/mol. The average Bonchev–Trinajstić information content (AvgIpc) is 2.36. The van der Waals surface area contributed by atoms with Crippen LogP contribution in [0.1, 0.15) is 32.6 Å². The molecule has 0 aromatic rings. The van der Waals surface area contributed by atoms with E-state index in [1.54, 1.807) is 7.11 Å². The fourth-order valence-corrected chi connectivity index (χ4v) is 2.11. The molecular weight excluding hydrogens is 234 g/mol. The molecule has 0 aromatic carbocycles. The van der Waals surface area contributed by atoms with Crippen LogP contribution >= 0.6 is 0 Å². The Kier molecular flexibility index (Phi) is 7.77. The van der Waals surface area contributed by atoms with Gasteiger partial charge in [0.25, 0.3) is 0 Å². The molecule has 18 heavy (non-hydrogen) atoms. The van der Waals surface area contributed by atoms with E-state index in [0.717, 1.165) is 25.7 Å². The number of hydrogen-bond acceptors (Lipinski definition) is 5. The van der Waals surface area contributed by atoms with E-state index in [1.165, 1.54) is 0 Å². The summed E-state index contributed by atoms with van der Waals surface area (Å²) >= 11 is 0. The zero-order valence-corrected chi connectivity index (χ0v) is 11.5. The van der Waals surface area contributed by atoms with Crippen LogP contribution in [-0.4, -0.2) is 56.4 Å². The lowest BCUT2D eigenvalue weighted by atomic mass is 9.94. The summed E-state index contributed by atoms with van der Waals surface area (Å²) in [5, 5.41) is 9.73. The molecule has 0 bridgehead atoms. The molecule has 1 rings (SSSR count). The summed E-state index contributed by atoms with van der Waals surface area (Å²) in [5.41, 5.74) is 5.83. The van der Waals surface area contributed by atoms with E-state index in [9.17, 15) is 5.11 Å². The van der Waals surface area contributed by atoms with E-state index in [4.69, 9.17) is 19.9 Å². The summed E-state index contributed by atoms with van der Waals surface area (Å²) in [6.45, 7) is 3.07. The van der Waals surface area contributed by atoms with Gasteiger partial charge in [-0.05, 0) is 32.6 Å². The maximum atomic E-state index is 9.73. The van der Waals surface area contributed by atoms with Gasteiger partial charge >= 0.3 is 0 Å². The number of aliphatic hydroxyl groups excluding tert-OH is 1. The first-order valence-corrected chi connectivity index (χ1v) is 6.77. The molecule has 0 radical (unpaired) electrons. The number of ether oxygens (including phenoxy) is 3. The second-order valence-electron chi connectivity index (χ2n) is 5.12. The van der Waals surface area contributed by atoms with Gasteiger partial charge in [0.2, 0.25) is 0 Å². The van der Waals surface area contributed by atoms with Crippen molar-refractivity contribution in [3.05, 3.63) is 0 Å². The van der Waals surface area contributed by atoms with Crippen LogP contribution in [-0.2, 0) is 14.2 Å². The highest BCUT2D eigenvalue weighted by molar-refractivity contribution is 4.74. The first kappa shape index (κ1) is 15.9. The summed E-state index contributed by atoms with van der Waals surface area (Å²) in [7, 11) is 1.63. The number of nitrogens with two attached hydrogens (primary N) is 1. The van der Waals surface area contributed by atoms with E-state index in [0.29, 0.717) is 19.3 Å². The van der Waals surface area contributed by atoms with Crippen LogP contribution in [0.15, 0.2) is 0 Å². The molecule has 5 heteroatoms. The molecule has 0 aliphatic heterocycles. The zero-order chi connectivity index (χ0) is 13.4. The van der Waals surface area contributed by atoms with Crippen LogP contribution in [0.25, 0.3) is 0 Å². The normalized spacial score (nSPS) is 28.0. The van der Waals surface area contributed by atoms with Gasteiger partial charge in [-0.15, -0.1) is 0 Å². The van der Waals surface area contributed by atoms with Gasteiger partial charge in [-0.2, -0.15) is 0 Å². The largest absolute Gasteiger partial charge is 0.388 e. The van der Waals surface area contributed by atoms with Crippen molar-refractivity contribution in [3.8, 4) is 0 Å². The van der Waals surface area contributed by atoms with Crippen LogP contribution in [0.5, 0.6) is 0 Å². The fraction of sp³-hybridized carbons (Fsp3) is 1.00. The maximum absolute atomic E-state index is 9.73. The number of rotatable bonds is 8. The Morgan fingerprint density at radius 1 is 1.17 bits per heavy atom. The second kappa shape index (κ2) is 8.82. The van der Waals surface area contributed by atoms with Crippen LogP contribution < -0.4 is 5.73 Å². The number of aliphatic hydroxyl groups is 1. The summed E-state index contributed by atoms with van der Waals surface area (Å²) in [6.07, 6.45) is 3.70. The third kappa shape index (κ3) is 6.66. The summed E-state index contributed by atoms with van der Waals surface area (Å²) in [6, 6.07) is 0.327. The highest BCUT2D eigenvalue weighted by Crippen LogP contribution is 2.19. The summed E-state index contributed by atoms with van der Waals surface area (Å²) in [4.78, 5) is 0. The number of methoxy groups -OCH3 is 1. The van der Waals surface area contributed by atoms with Crippen molar-refractivity contribution in [2.24, 2.45) is 5.73 Å². The van der Waals surface area contributed by atoms with Gasteiger partial charge in [0.05, 0.1) is 32.0 Å². The van der Waals surface area contributed by atoms with Crippen LogP contribution in [0.2, 0.25) is 0 Å². The van der Waals surface area contributed by atoms with Crippen molar-refractivity contribution in [1.29, 1.82) is 0 Å². The Labute approximate surface area is 110 Å². The van der Waals surface area contributed by atoms with Gasteiger partial charge in [0, 0.05) is 13.2 Å². The van der Waals surface area contributed by atoms with E-state index in [1.807, 2.05) is 6.92 Å². The van der Waals surface area contributed by atoms with E-state index in [2.05, 4.69) is 0 Å². The SMILES string of the molecule is COCC(C)OCC(O)COC1CCC(N)CC1. The zero-order valence-electron chi connectivity index (χ0n) is 11.5. The predicted molar refractivity (Wildman–Crippen MR) is 69.5 cm³/mol. The summed E-state index contributed by atoms with van der Waals surface area (Å²) in [5.74, 6) is 0. The second-order valence-corrected chi connectivity index (χ2v) is 5.12. The molecule has 0 aromatic heterocycles. The molecule has 2 atom stereocenters. The van der Waals surface area contributed by atoms with Crippen molar-refractivity contribution in [2.45, 2.75) is 57.0 Å². The Balaban J connectivity index is 2.04. The highest BCUT2D eigenvalue weighted by atomic mass is 16.5. The van der Waals surface area contributed by atoms with Gasteiger partial charge in [0.1, 0.15) is 6.10 Å². The van der Waals surface area contributed by atoms with Crippen molar-refractivity contribution in [3.63, 3.8) is 0 Å². The third-order valence-electron chi connectivity index (χ3n) is 3.22. The molecule has 2 unspecified atom stereocenters. The molecule has 1 aliphatic carbocycles. The molecule has 3 N–H and O–H groups in total. The standard InChI is InChI=1S/C13H27NO4/c1-10(7-16-2)17-8-12(15)9-18-13-5-3-11(14)4-6-13/h10-13,15H,3-9,14H2,1-2H3. The summed E-state index contributed by atoms with van der Waals surface area (Å²) < 4.78 is 16.0. The van der Waals surface area contributed by atoms with Crippen LogP contribution in [0.3, 0.4) is 0 Å². The van der Waals surface area contributed by atoms with Crippen LogP contribution in [0.4, 0.5) is 0 Å². The molecule has 1 fully saturated rings. The smallest absolute Gasteiger partial charge is 0.101 e. The molecular formula is C13H27NO4. The van der Waals surface area contributed by atoms with E-state index >= 15 is 0 Å². The minimum absolute atomic E-state index is 0.00247. The Bertz CT molecular complexity index is 207. The van der Waals surface area contributed by atoms with Crippen molar-refractivity contribution < 1.29 is 19.3 Å². The minimum Gasteiger partial charge on any atom is -0.388 e. The molecule has 0 spiro atoms. The first-order chi connectivity index (χ1) is 8.61. The predicted octanol–water partition coefficient (Wildman–Crippen LogP) is 0.685.